The number of pyridine rings is 1. The Morgan fingerprint density at radius 2 is 1.80 bits per heavy atom. The molecule has 0 unspecified atom stereocenters. The number of benzene rings is 1. The van der Waals surface area contributed by atoms with Gasteiger partial charge in [0.1, 0.15) is 11.5 Å². The molecule has 1 aromatic heterocycles. The van der Waals surface area contributed by atoms with E-state index in [4.69, 9.17) is 34.3 Å². The van der Waals surface area contributed by atoms with Gasteiger partial charge in [-0.2, -0.15) is 0 Å². The highest BCUT2D eigenvalue weighted by Crippen LogP contribution is 2.28. The fraction of sp³-hybridized carbons (Fsp3) is 0. The number of halogens is 2. The Balaban J connectivity index is 2.81. The maximum Gasteiger partial charge on any atom is 0.141 e. The highest BCUT2D eigenvalue weighted by molar-refractivity contribution is 6.39. The summed E-state index contributed by atoms with van der Waals surface area (Å²) in [5.74, 6) is -0.0899. The first kappa shape index (κ1) is 10.2. The van der Waals surface area contributed by atoms with E-state index in [1.807, 2.05) is 0 Å². The molecule has 15 heavy (non-hydrogen) atoms. The second-order valence-corrected chi connectivity index (χ2v) is 3.85. The first-order valence-electron chi connectivity index (χ1n) is 4.19. The van der Waals surface area contributed by atoms with Crippen molar-refractivity contribution >= 4 is 39.9 Å². The number of nitrogens with zero attached hydrogens (tertiary/aromatic N) is 1. The minimum Gasteiger partial charge on any atom is -0.382 e. The van der Waals surface area contributed by atoms with Gasteiger partial charge in [-0.3, -0.25) is 5.41 Å². The molecule has 1 aromatic carbocycles. The number of hydrogen-bond acceptors (Lipinski definition) is 2. The molecule has 2 rings (SSSR count). The molecule has 76 valence electrons. The van der Waals surface area contributed by atoms with Crippen LogP contribution in [0.1, 0.15) is 5.69 Å². The molecule has 0 radical (unpaired) electrons. The van der Waals surface area contributed by atoms with Crippen LogP contribution in [0, 0.1) is 5.41 Å². The summed E-state index contributed by atoms with van der Waals surface area (Å²) in [6.07, 6.45) is 0. The summed E-state index contributed by atoms with van der Waals surface area (Å²) in [5, 5.41) is 9.11. The van der Waals surface area contributed by atoms with E-state index in [0.717, 1.165) is 5.39 Å². The molecule has 0 saturated carbocycles. The number of nitrogens with one attached hydrogen (secondary N) is 1. The van der Waals surface area contributed by atoms with Crippen molar-refractivity contribution in [1.29, 1.82) is 5.41 Å². The third-order valence-electron chi connectivity index (χ3n) is 2.03. The van der Waals surface area contributed by atoms with Gasteiger partial charge in [0.2, 0.25) is 0 Å². The number of hydrogen-bond donors (Lipinski definition) is 2. The molecule has 0 aliphatic carbocycles. The van der Waals surface area contributed by atoms with Gasteiger partial charge in [-0.05, 0) is 24.3 Å². The molecular weight excluding hydrogens is 233 g/mol. The summed E-state index contributed by atoms with van der Waals surface area (Å²) >= 11 is 12.0. The molecule has 0 amide bonds. The largest absolute Gasteiger partial charge is 0.382 e. The summed E-state index contributed by atoms with van der Waals surface area (Å²) < 4.78 is 0. The molecular formula is C10H7Cl2N3. The maximum atomic E-state index is 7.27. The zero-order valence-electron chi connectivity index (χ0n) is 7.59. The summed E-state index contributed by atoms with van der Waals surface area (Å²) in [4.78, 5) is 4.17. The highest BCUT2D eigenvalue weighted by Gasteiger charge is 2.06. The van der Waals surface area contributed by atoms with E-state index in [-0.39, 0.29) is 5.84 Å². The number of aromatic nitrogens is 1. The third kappa shape index (κ3) is 1.76. The minimum absolute atomic E-state index is 0.0899. The number of nitrogens with two attached hydrogens (primary N) is 1. The molecule has 5 heteroatoms. The lowest BCUT2D eigenvalue weighted by Gasteiger charge is -2.04. The second-order valence-electron chi connectivity index (χ2n) is 3.04. The molecule has 0 aliphatic rings. The Morgan fingerprint density at radius 3 is 2.47 bits per heavy atom. The van der Waals surface area contributed by atoms with Crippen molar-refractivity contribution in [1.82, 2.24) is 4.98 Å². The Labute approximate surface area is 96.3 Å². The third-order valence-corrected chi connectivity index (χ3v) is 2.67. The van der Waals surface area contributed by atoms with E-state index in [2.05, 4.69) is 4.98 Å². The van der Waals surface area contributed by atoms with Gasteiger partial charge < -0.3 is 5.73 Å². The molecule has 0 saturated heterocycles. The van der Waals surface area contributed by atoms with Crippen molar-refractivity contribution in [3.63, 3.8) is 0 Å². The zero-order chi connectivity index (χ0) is 11.0. The van der Waals surface area contributed by atoms with Gasteiger partial charge in [-0.1, -0.05) is 23.2 Å². The van der Waals surface area contributed by atoms with Crippen molar-refractivity contribution in [3.8, 4) is 0 Å². The van der Waals surface area contributed by atoms with E-state index in [1.54, 1.807) is 24.3 Å². The van der Waals surface area contributed by atoms with Crippen molar-refractivity contribution in [2.45, 2.75) is 0 Å². The average molecular weight is 240 g/mol. The van der Waals surface area contributed by atoms with Crippen LogP contribution in [0.4, 0.5) is 0 Å². The van der Waals surface area contributed by atoms with Gasteiger partial charge in [0.05, 0.1) is 15.6 Å². The highest BCUT2D eigenvalue weighted by atomic mass is 35.5. The van der Waals surface area contributed by atoms with Crippen LogP contribution in [0.25, 0.3) is 10.9 Å². The van der Waals surface area contributed by atoms with Crippen LogP contribution in [-0.4, -0.2) is 10.8 Å². The molecule has 0 spiro atoms. The zero-order valence-corrected chi connectivity index (χ0v) is 9.10. The number of rotatable bonds is 1. The Hall–Kier alpha value is -1.32. The summed E-state index contributed by atoms with van der Waals surface area (Å²) in [6, 6.07) is 6.78. The van der Waals surface area contributed by atoms with Gasteiger partial charge in [0.25, 0.3) is 0 Å². The average Bonchev–Trinajstić information content (AvgIpc) is 2.23. The Bertz CT molecular complexity index is 552. The fourth-order valence-electron chi connectivity index (χ4n) is 1.30. The van der Waals surface area contributed by atoms with Crippen molar-refractivity contribution in [3.05, 3.63) is 40.0 Å². The van der Waals surface area contributed by atoms with Gasteiger partial charge in [0.15, 0.2) is 0 Å². The van der Waals surface area contributed by atoms with Crippen LogP contribution in [0.15, 0.2) is 24.3 Å². The van der Waals surface area contributed by atoms with Crippen LogP contribution >= 0.6 is 23.2 Å². The SMILES string of the molecule is N=C(N)c1ccc2c(Cl)ccc(Cl)c2n1. The van der Waals surface area contributed by atoms with Crippen LogP contribution in [0.3, 0.4) is 0 Å². The van der Waals surface area contributed by atoms with Crippen LogP contribution in [0.5, 0.6) is 0 Å². The van der Waals surface area contributed by atoms with Gasteiger partial charge in [-0.25, -0.2) is 4.98 Å². The second kappa shape index (κ2) is 3.68. The van der Waals surface area contributed by atoms with E-state index in [1.165, 1.54) is 0 Å². The molecule has 0 atom stereocenters. The Kier molecular flexibility index (Phi) is 2.50. The van der Waals surface area contributed by atoms with E-state index in [9.17, 15) is 0 Å². The van der Waals surface area contributed by atoms with Gasteiger partial charge in [0, 0.05) is 5.39 Å². The standard InChI is InChI=1S/C10H7Cl2N3/c11-6-2-3-7(12)9-5(6)1-4-8(15-9)10(13)14/h1-4H,(H3,13,14). The predicted octanol–water partition coefficient (Wildman–Crippen LogP) is 2.83. The van der Waals surface area contributed by atoms with E-state index >= 15 is 0 Å². The van der Waals surface area contributed by atoms with E-state index < -0.39 is 0 Å². The van der Waals surface area contributed by atoms with E-state index in [0.29, 0.717) is 21.3 Å². The van der Waals surface area contributed by atoms with Crippen molar-refractivity contribution < 1.29 is 0 Å². The van der Waals surface area contributed by atoms with Crippen LogP contribution in [-0.2, 0) is 0 Å². The Morgan fingerprint density at radius 1 is 1.13 bits per heavy atom. The quantitative estimate of drug-likeness (QED) is 0.594. The lowest BCUT2D eigenvalue weighted by molar-refractivity contribution is 1.31. The smallest absolute Gasteiger partial charge is 0.141 e. The summed E-state index contributed by atoms with van der Waals surface area (Å²) in [6.45, 7) is 0. The maximum absolute atomic E-state index is 7.27. The normalized spacial score (nSPS) is 10.5. The molecule has 0 fully saturated rings. The van der Waals surface area contributed by atoms with Crippen molar-refractivity contribution in [2.75, 3.05) is 0 Å². The van der Waals surface area contributed by atoms with Gasteiger partial charge in [-0.15, -0.1) is 0 Å². The van der Waals surface area contributed by atoms with Crippen LogP contribution < -0.4 is 5.73 Å². The van der Waals surface area contributed by atoms with Crippen molar-refractivity contribution in [2.24, 2.45) is 5.73 Å². The first-order valence-corrected chi connectivity index (χ1v) is 4.94. The molecule has 1 heterocycles. The molecule has 3 nitrogen and oxygen atoms in total. The summed E-state index contributed by atoms with van der Waals surface area (Å²) in [7, 11) is 0. The summed E-state index contributed by atoms with van der Waals surface area (Å²) in [5.41, 5.74) is 6.30. The van der Waals surface area contributed by atoms with Crippen LogP contribution in [0.2, 0.25) is 10.0 Å². The molecule has 0 bridgehead atoms. The first-order chi connectivity index (χ1) is 7.09. The topological polar surface area (TPSA) is 62.8 Å². The number of amidine groups is 1. The number of fused-ring (bicyclic) bond motifs is 1. The minimum atomic E-state index is -0.0899. The van der Waals surface area contributed by atoms with Gasteiger partial charge >= 0.3 is 0 Å². The lowest BCUT2D eigenvalue weighted by Crippen LogP contribution is -2.12. The lowest BCUT2D eigenvalue weighted by atomic mass is 10.2. The molecule has 0 aliphatic heterocycles. The molecule has 3 N–H and O–H groups in total. The fourth-order valence-corrected chi connectivity index (χ4v) is 1.72. The molecule has 2 aromatic rings. The monoisotopic (exact) mass is 239 g/mol. The predicted molar refractivity (Wildman–Crippen MR) is 62.8 cm³/mol. The number of nitrogen functional groups attached to an aromatic ring is 1.